The van der Waals surface area contributed by atoms with Crippen molar-refractivity contribution in [1.29, 1.82) is 0 Å². The lowest BCUT2D eigenvalue weighted by Gasteiger charge is -2.12. The molecule has 0 aliphatic rings. The number of nitrogens with one attached hydrogen (secondary N) is 1. The molecule has 8 heteroatoms. The van der Waals surface area contributed by atoms with E-state index < -0.39 is 0 Å². The molecule has 0 spiro atoms. The summed E-state index contributed by atoms with van der Waals surface area (Å²) >= 11 is 0. The highest BCUT2D eigenvalue weighted by atomic mass is 19.1. The van der Waals surface area contributed by atoms with Crippen LogP contribution < -0.4 is 10.1 Å². The molecule has 1 N–H and O–H groups in total. The highest BCUT2D eigenvalue weighted by Crippen LogP contribution is 2.30. The van der Waals surface area contributed by atoms with E-state index in [9.17, 15) is 4.39 Å². The van der Waals surface area contributed by atoms with Crippen LogP contribution in [0.5, 0.6) is 5.75 Å². The molecule has 2 aromatic carbocycles. The lowest BCUT2D eigenvalue weighted by molar-refractivity contribution is 0.412. The summed E-state index contributed by atoms with van der Waals surface area (Å²) in [5, 5.41) is 7.76. The summed E-state index contributed by atoms with van der Waals surface area (Å²) < 4.78 is 22.4. The number of imidazole rings is 1. The van der Waals surface area contributed by atoms with E-state index in [0.717, 1.165) is 34.0 Å². The molecule has 7 nitrogen and oxygen atoms in total. The van der Waals surface area contributed by atoms with Crippen LogP contribution in [0.25, 0.3) is 22.6 Å². The van der Waals surface area contributed by atoms with Crippen molar-refractivity contribution in [1.82, 2.24) is 24.1 Å². The van der Waals surface area contributed by atoms with Crippen molar-refractivity contribution in [3.05, 3.63) is 85.0 Å². The van der Waals surface area contributed by atoms with Gasteiger partial charge in [0.05, 0.1) is 18.5 Å². The Morgan fingerprint density at radius 3 is 2.65 bits per heavy atom. The Bertz CT molecular complexity index is 1370. The fraction of sp³-hybridized carbons (Fsp3) is 0.0870. The predicted octanol–water partition coefficient (Wildman–Crippen LogP) is 4.78. The number of methoxy groups -OCH3 is 1. The Hall–Kier alpha value is -4.20. The lowest BCUT2D eigenvalue weighted by atomic mass is 10.2. The van der Waals surface area contributed by atoms with Crippen molar-refractivity contribution in [2.45, 2.75) is 6.92 Å². The first-order chi connectivity index (χ1) is 15.1. The summed E-state index contributed by atoms with van der Waals surface area (Å²) in [5.41, 5.74) is 4.86. The van der Waals surface area contributed by atoms with Crippen LogP contribution in [0.15, 0.2) is 73.3 Å². The zero-order valence-corrected chi connectivity index (χ0v) is 17.0. The summed E-state index contributed by atoms with van der Waals surface area (Å²) in [7, 11) is 1.62. The maximum atomic E-state index is 13.3. The van der Waals surface area contributed by atoms with E-state index in [1.807, 2.05) is 54.0 Å². The third-order valence-electron chi connectivity index (χ3n) is 4.93. The first-order valence-electron chi connectivity index (χ1n) is 9.68. The van der Waals surface area contributed by atoms with E-state index in [4.69, 9.17) is 9.72 Å². The highest BCUT2D eigenvalue weighted by Gasteiger charge is 2.11. The normalized spacial score (nSPS) is 11.1. The molecule has 0 bridgehead atoms. The average Bonchev–Trinajstić information content (AvgIpc) is 3.41. The van der Waals surface area contributed by atoms with E-state index in [2.05, 4.69) is 15.4 Å². The van der Waals surface area contributed by atoms with E-state index in [1.54, 1.807) is 30.3 Å². The van der Waals surface area contributed by atoms with Gasteiger partial charge in [0.25, 0.3) is 0 Å². The van der Waals surface area contributed by atoms with Crippen LogP contribution in [0, 0.1) is 12.7 Å². The number of aryl methyl sites for hydroxylation is 1. The van der Waals surface area contributed by atoms with Gasteiger partial charge in [0.1, 0.15) is 29.4 Å². The molecule has 0 saturated carbocycles. The zero-order valence-electron chi connectivity index (χ0n) is 17.0. The maximum Gasteiger partial charge on any atom is 0.161 e. The number of anilines is 2. The van der Waals surface area contributed by atoms with Gasteiger partial charge >= 0.3 is 0 Å². The van der Waals surface area contributed by atoms with Gasteiger partial charge in [-0.2, -0.15) is 5.10 Å². The van der Waals surface area contributed by atoms with Crippen LogP contribution in [0.1, 0.15) is 5.82 Å². The van der Waals surface area contributed by atoms with Crippen LogP contribution in [0.4, 0.5) is 15.8 Å². The second-order valence-corrected chi connectivity index (χ2v) is 7.03. The predicted molar refractivity (Wildman–Crippen MR) is 117 cm³/mol. The number of benzene rings is 2. The molecule has 5 rings (SSSR count). The molecular weight excluding hydrogens is 395 g/mol. The molecule has 3 heterocycles. The van der Waals surface area contributed by atoms with Gasteiger partial charge in [0.2, 0.25) is 0 Å². The number of rotatable bonds is 5. The standard InChI is InChI=1S/C23H19FN6O/c1-15-25-14-30(28-15)21-10-9-18(12-22(21)31-2)26-19-4-3-11-29-13-20(27-23(19)29)16-5-7-17(24)8-6-16/h3-14,26H,1-2H3. The van der Waals surface area contributed by atoms with Gasteiger partial charge in [0.15, 0.2) is 5.65 Å². The van der Waals surface area contributed by atoms with E-state index in [-0.39, 0.29) is 5.82 Å². The smallest absolute Gasteiger partial charge is 0.161 e. The van der Waals surface area contributed by atoms with Crippen LogP contribution in [-0.2, 0) is 0 Å². The first-order valence-corrected chi connectivity index (χ1v) is 9.68. The van der Waals surface area contributed by atoms with Crippen molar-refractivity contribution in [2.75, 3.05) is 12.4 Å². The number of ether oxygens (including phenoxy) is 1. The Balaban J connectivity index is 1.49. The minimum atomic E-state index is -0.270. The fourth-order valence-corrected chi connectivity index (χ4v) is 3.43. The SMILES string of the molecule is COc1cc(Nc2cccn3cc(-c4ccc(F)cc4)nc23)ccc1-n1cnc(C)n1. The monoisotopic (exact) mass is 414 g/mol. The molecular formula is C23H19FN6O. The average molecular weight is 414 g/mol. The molecule has 0 fully saturated rings. The number of aromatic nitrogens is 5. The Labute approximate surface area is 177 Å². The molecule has 0 unspecified atom stereocenters. The van der Waals surface area contributed by atoms with E-state index >= 15 is 0 Å². The minimum absolute atomic E-state index is 0.270. The molecule has 0 aliphatic carbocycles. The highest BCUT2D eigenvalue weighted by molar-refractivity contribution is 5.77. The molecule has 0 amide bonds. The van der Waals surface area contributed by atoms with E-state index in [1.165, 1.54) is 12.1 Å². The molecule has 154 valence electrons. The molecule has 0 saturated heterocycles. The molecule has 0 radical (unpaired) electrons. The summed E-state index contributed by atoms with van der Waals surface area (Å²) in [6.07, 6.45) is 5.50. The van der Waals surface area contributed by atoms with Crippen molar-refractivity contribution in [3.63, 3.8) is 0 Å². The summed E-state index contributed by atoms with van der Waals surface area (Å²) in [6, 6.07) is 16.0. The summed E-state index contributed by atoms with van der Waals surface area (Å²) in [5.74, 6) is 1.08. The molecule has 0 aliphatic heterocycles. The van der Waals surface area contributed by atoms with Gasteiger partial charge in [-0.25, -0.2) is 19.0 Å². The zero-order chi connectivity index (χ0) is 21.4. The van der Waals surface area contributed by atoms with Gasteiger partial charge < -0.3 is 14.5 Å². The Morgan fingerprint density at radius 2 is 1.90 bits per heavy atom. The Morgan fingerprint density at radius 1 is 1.06 bits per heavy atom. The second kappa shape index (κ2) is 7.56. The quantitative estimate of drug-likeness (QED) is 0.448. The molecule has 0 atom stereocenters. The fourth-order valence-electron chi connectivity index (χ4n) is 3.43. The first kappa shape index (κ1) is 18.8. The Kier molecular flexibility index (Phi) is 4.59. The minimum Gasteiger partial charge on any atom is -0.494 e. The van der Waals surface area contributed by atoms with Gasteiger partial charge in [-0.1, -0.05) is 0 Å². The van der Waals surface area contributed by atoms with Gasteiger partial charge in [-0.05, 0) is 55.5 Å². The van der Waals surface area contributed by atoms with E-state index in [0.29, 0.717) is 11.6 Å². The number of hydrogen-bond donors (Lipinski definition) is 1. The van der Waals surface area contributed by atoms with Gasteiger partial charge in [-0.3, -0.25) is 0 Å². The number of pyridine rings is 1. The van der Waals surface area contributed by atoms with Crippen LogP contribution in [0.3, 0.4) is 0 Å². The number of nitrogens with zero attached hydrogens (tertiary/aromatic N) is 5. The largest absolute Gasteiger partial charge is 0.494 e. The number of halogens is 1. The summed E-state index contributed by atoms with van der Waals surface area (Å²) in [4.78, 5) is 8.92. The maximum absolute atomic E-state index is 13.3. The molecule has 3 aromatic heterocycles. The topological polar surface area (TPSA) is 69.3 Å². The molecule has 5 aromatic rings. The van der Waals surface area contributed by atoms with Crippen molar-refractivity contribution < 1.29 is 9.13 Å². The second-order valence-electron chi connectivity index (χ2n) is 7.03. The third kappa shape index (κ3) is 3.59. The van der Waals surface area contributed by atoms with Crippen molar-refractivity contribution in [2.24, 2.45) is 0 Å². The molecule has 31 heavy (non-hydrogen) atoms. The third-order valence-corrected chi connectivity index (χ3v) is 4.93. The van der Waals surface area contributed by atoms with Gasteiger partial charge in [0, 0.05) is 29.7 Å². The number of fused-ring (bicyclic) bond motifs is 1. The summed E-state index contributed by atoms with van der Waals surface area (Å²) in [6.45, 7) is 1.84. The number of hydrogen-bond acceptors (Lipinski definition) is 5. The van der Waals surface area contributed by atoms with Crippen LogP contribution in [0.2, 0.25) is 0 Å². The van der Waals surface area contributed by atoms with Gasteiger partial charge in [-0.15, -0.1) is 0 Å². The van der Waals surface area contributed by atoms with Crippen molar-refractivity contribution in [3.8, 4) is 22.7 Å². The van der Waals surface area contributed by atoms with Crippen LogP contribution >= 0.6 is 0 Å². The van der Waals surface area contributed by atoms with Crippen LogP contribution in [-0.4, -0.2) is 31.3 Å². The van der Waals surface area contributed by atoms with Crippen molar-refractivity contribution >= 4 is 17.0 Å². The lowest BCUT2D eigenvalue weighted by Crippen LogP contribution is -2.01.